The Balaban J connectivity index is 1.32. The lowest BCUT2D eigenvalue weighted by molar-refractivity contribution is -0.384. The Morgan fingerprint density at radius 2 is 1.77 bits per heavy atom. The Labute approximate surface area is 254 Å². The van der Waals surface area contributed by atoms with Gasteiger partial charge in [0, 0.05) is 50.4 Å². The van der Waals surface area contributed by atoms with Crippen LogP contribution < -0.4 is 5.32 Å². The highest BCUT2D eigenvalue weighted by molar-refractivity contribution is 5.68. The summed E-state index contributed by atoms with van der Waals surface area (Å²) in [5, 5.41) is 14.0. The van der Waals surface area contributed by atoms with E-state index in [1.165, 1.54) is 17.7 Å². The average molecular weight is 593 g/mol. The number of rotatable bonds is 10. The first kappa shape index (κ1) is 32.0. The van der Waals surface area contributed by atoms with Gasteiger partial charge < -0.3 is 24.6 Å². The van der Waals surface area contributed by atoms with Crippen LogP contribution in [0.1, 0.15) is 63.5 Å². The third-order valence-electron chi connectivity index (χ3n) is 8.20. The van der Waals surface area contributed by atoms with Crippen molar-refractivity contribution < 1.29 is 24.0 Å². The minimum absolute atomic E-state index is 0.00219. The fourth-order valence-electron chi connectivity index (χ4n) is 6.23. The Kier molecular flexibility index (Phi) is 10.8. The third kappa shape index (κ3) is 9.28. The van der Waals surface area contributed by atoms with Crippen LogP contribution in [0.4, 0.5) is 15.3 Å². The van der Waals surface area contributed by atoms with Crippen molar-refractivity contribution in [2.24, 2.45) is 5.92 Å². The molecule has 1 heterocycles. The fourth-order valence-corrected chi connectivity index (χ4v) is 6.23. The number of hydrogen-bond acceptors (Lipinski definition) is 7. The number of nitro benzene ring substituents is 1. The van der Waals surface area contributed by atoms with Crippen LogP contribution in [0.5, 0.6) is 0 Å². The first-order valence-electron chi connectivity index (χ1n) is 15.1. The van der Waals surface area contributed by atoms with Gasteiger partial charge in [0.25, 0.3) is 5.69 Å². The zero-order valence-corrected chi connectivity index (χ0v) is 25.4. The maximum absolute atomic E-state index is 13.0. The molecule has 1 saturated heterocycles. The van der Waals surface area contributed by atoms with Gasteiger partial charge in [0.2, 0.25) is 0 Å². The molecule has 3 unspecified atom stereocenters. The van der Waals surface area contributed by atoms with Crippen LogP contribution >= 0.6 is 0 Å². The molecule has 232 valence electrons. The molecule has 2 aliphatic rings. The maximum Gasteiger partial charge on any atom is 0.410 e. The molecule has 3 atom stereocenters. The SMILES string of the molecule is C=CCN(C(=O)OCc1ccc([N+](=O)[O-])cc1)C1CCN(CC2CC(NC(=O)OC(C)(C)C)CC2c2ccccc2)CC1. The van der Waals surface area contributed by atoms with E-state index in [4.69, 9.17) is 9.47 Å². The minimum atomic E-state index is -0.540. The van der Waals surface area contributed by atoms with E-state index in [9.17, 15) is 19.7 Å². The highest BCUT2D eigenvalue weighted by Crippen LogP contribution is 2.41. The lowest BCUT2D eigenvalue weighted by atomic mass is 9.88. The van der Waals surface area contributed by atoms with Crippen molar-refractivity contribution in [3.05, 3.63) is 88.5 Å². The minimum Gasteiger partial charge on any atom is -0.445 e. The van der Waals surface area contributed by atoms with Crippen LogP contribution in [-0.4, -0.2) is 70.8 Å². The standard InChI is InChI=1S/C33H44N4O6/c1-5-17-36(32(39)42-23-24-11-13-29(14-12-24)37(40)41)28-15-18-35(19-16-28)22-26-20-27(34-31(38)43-33(2,3)4)21-30(26)25-9-7-6-8-10-25/h5-14,26-28,30H,1,15-23H2,2-4H3,(H,34,38). The van der Waals surface area contributed by atoms with Crippen LogP contribution in [0.15, 0.2) is 67.3 Å². The summed E-state index contributed by atoms with van der Waals surface area (Å²) in [7, 11) is 0. The van der Waals surface area contributed by atoms with E-state index in [2.05, 4.69) is 41.1 Å². The van der Waals surface area contributed by atoms with E-state index in [1.807, 2.05) is 26.8 Å². The van der Waals surface area contributed by atoms with E-state index < -0.39 is 16.6 Å². The second-order valence-electron chi connectivity index (χ2n) is 12.5. The van der Waals surface area contributed by atoms with Gasteiger partial charge >= 0.3 is 12.2 Å². The van der Waals surface area contributed by atoms with Gasteiger partial charge in [-0.05, 0) is 81.5 Å². The van der Waals surface area contributed by atoms with E-state index in [1.54, 1.807) is 23.1 Å². The number of benzene rings is 2. The zero-order valence-electron chi connectivity index (χ0n) is 25.4. The predicted molar refractivity (Wildman–Crippen MR) is 165 cm³/mol. The van der Waals surface area contributed by atoms with Crippen molar-refractivity contribution in [3.8, 4) is 0 Å². The summed E-state index contributed by atoms with van der Waals surface area (Å²) in [5.74, 6) is 0.723. The summed E-state index contributed by atoms with van der Waals surface area (Å²) in [6, 6.07) is 16.6. The molecule has 0 spiro atoms. The topological polar surface area (TPSA) is 114 Å². The Bertz CT molecular complexity index is 1240. The second-order valence-corrected chi connectivity index (χ2v) is 12.5. The van der Waals surface area contributed by atoms with Gasteiger partial charge in [-0.1, -0.05) is 36.4 Å². The molecule has 0 radical (unpaired) electrons. The van der Waals surface area contributed by atoms with Gasteiger partial charge in [0.05, 0.1) is 4.92 Å². The molecule has 1 saturated carbocycles. The number of likely N-dealkylation sites (tertiary alicyclic amines) is 1. The number of carbonyl (C=O) groups is 2. The molecule has 1 aliphatic carbocycles. The number of alkyl carbamates (subject to hydrolysis) is 1. The molecule has 0 aromatic heterocycles. The second kappa shape index (κ2) is 14.5. The molecule has 2 fully saturated rings. The molecule has 1 N–H and O–H groups in total. The lowest BCUT2D eigenvalue weighted by Crippen LogP contribution is -2.48. The van der Waals surface area contributed by atoms with E-state index >= 15 is 0 Å². The highest BCUT2D eigenvalue weighted by Gasteiger charge is 2.38. The van der Waals surface area contributed by atoms with Gasteiger partial charge in [-0.2, -0.15) is 0 Å². The molecule has 4 rings (SSSR count). The first-order chi connectivity index (χ1) is 20.5. The van der Waals surface area contributed by atoms with Gasteiger partial charge in [0.1, 0.15) is 12.2 Å². The van der Waals surface area contributed by atoms with Crippen LogP contribution in [0.25, 0.3) is 0 Å². The summed E-state index contributed by atoms with van der Waals surface area (Å²) in [6.45, 7) is 12.5. The molecule has 0 bridgehead atoms. The molecular weight excluding hydrogens is 548 g/mol. The van der Waals surface area contributed by atoms with E-state index in [0.29, 0.717) is 23.9 Å². The van der Waals surface area contributed by atoms with Crippen molar-refractivity contribution in [2.45, 2.75) is 76.7 Å². The Morgan fingerprint density at radius 3 is 2.37 bits per heavy atom. The molecular formula is C33H44N4O6. The average Bonchev–Trinajstić information content (AvgIpc) is 3.36. The summed E-state index contributed by atoms with van der Waals surface area (Å²) in [5.41, 5.74) is 1.44. The number of non-ortho nitro benzene ring substituents is 1. The Hall–Kier alpha value is -3.92. The maximum atomic E-state index is 13.0. The van der Waals surface area contributed by atoms with Gasteiger partial charge in [0.15, 0.2) is 0 Å². The summed E-state index contributed by atoms with van der Waals surface area (Å²) < 4.78 is 11.1. The number of hydrogen-bond donors (Lipinski definition) is 1. The number of nitrogens with zero attached hydrogens (tertiary/aromatic N) is 3. The molecule has 43 heavy (non-hydrogen) atoms. The number of ether oxygens (including phenoxy) is 2. The molecule has 2 amide bonds. The predicted octanol–water partition coefficient (Wildman–Crippen LogP) is 6.27. The summed E-state index contributed by atoms with van der Waals surface area (Å²) in [6.07, 6.45) is 4.33. The number of amides is 2. The zero-order chi connectivity index (χ0) is 31.0. The van der Waals surface area contributed by atoms with Gasteiger partial charge in [-0.15, -0.1) is 6.58 Å². The Morgan fingerprint density at radius 1 is 1.09 bits per heavy atom. The first-order valence-corrected chi connectivity index (χ1v) is 15.1. The molecule has 10 heteroatoms. The summed E-state index contributed by atoms with van der Waals surface area (Å²) in [4.78, 5) is 40.2. The normalized spacial score (nSPS) is 21.1. The quantitative estimate of drug-likeness (QED) is 0.196. The monoisotopic (exact) mass is 592 g/mol. The van der Waals surface area contributed by atoms with Crippen LogP contribution in [0.3, 0.4) is 0 Å². The molecule has 2 aromatic rings. The third-order valence-corrected chi connectivity index (χ3v) is 8.20. The van der Waals surface area contributed by atoms with Crippen molar-refractivity contribution in [1.82, 2.24) is 15.1 Å². The fraction of sp³-hybridized carbons (Fsp3) is 0.515. The smallest absolute Gasteiger partial charge is 0.410 e. The van der Waals surface area contributed by atoms with E-state index in [0.717, 1.165) is 45.3 Å². The number of carbonyl (C=O) groups excluding carboxylic acids is 2. The van der Waals surface area contributed by atoms with Crippen LogP contribution in [0, 0.1) is 16.0 Å². The van der Waals surface area contributed by atoms with Crippen molar-refractivity contribution >= 4 is 17.9 Å². The van der Waals surface area contributed by atoms with Gasteiger partial charge in [-0.3, -0.25) is 10.1 Å². The van der Waals surface area contributed by atoms with Crippen molar-refractivity contribution in [3.63, 3.8) is 0 Å². The molecule has 10 nitrogen and oxygen atoms in total. The molecule has 2 aromatic carbocycles. The number of nitro groups is 1. The lowest BCUT2D eigenvalue weighted by Gasteiger charge is -2.39. The van der Waals surface area contributed by atoms with E-state index in [-0.39, 0.29) is 30.5 Å². The van der Waals surface area contributed by atoms with Crippen molar-refractivity contribution in [2.75, 3.05) is 26.2 Å². The summed E-state index contributed by atoms with van der Waals surface area (Å²) >= 11 is 0. The van der Waals surface area contributed by atoms with Crippen LogP contribution in [0.2, 0.25) is 0 Å². The van der Waals surface area contributed by atoms with Gasteiger partial charge in [-0.25, -0.2) is 9.59 Å². The molecule has 1 aliphatic heterocycles. The number of nitrogens with one attached hydrogen (secondary N) is 1. The largest absolute Gasteiger partial charge is 0.445 e. The number of piperidine rings is 1. The van der Waals surface area contributed by atoms with Crippen molar-refractivity contribution in [1.29, 1.82) is 0 Å². The highest BCUT2D eigenvalue weighted by atomic mass is 16.6. The van der Waals surface area contributed by atoms with Crippen LogP contribution in [-0.2, 0) is 16.1 Å².